The number of nitrogens with one attached hydrogen (secondary N) is 4. The average molecular weight is 488 g/mol. The van der Waals surface area contributed by atoms with Crippen LogP contribution in [-0.4, -0.2) is 82.9 Å². The molecule has 15 heteroatoms. The quantitative estimate of drug-likeness (QED) is 0.106. The molecule has 0 saturated heterocycles. The summed E-state index contributed by atoms with van der Waals surface area (Å²) in [5.41, 5.74) is 10.2. The van der Waals surface area contributed by atoms with Crippen LogP contribution in [0.25, 0.3) is 0 Å². The molecule has 0 aromatic heterocycles. The molecule has 5 amide bonds. The van der Waals surface area contributed by atoms with Gasteiger partial charge in [0.15, 0.2) is 0 Å². The third-order valence-electron chi connectivity index (χ3n) is 4.75. The van der Waals surface area contributed by atoms with Gasteiger partial charge in [-0.15, -0.1) is 0 Å². The Hall–Kier alpha value is -3.75. The highest BCUT2D eigenvalue weighted by molar-refractivity contribution is 5.96. The van der Waals surface area contributed by atoms with Crippen molar-refractivity contribution in [2.45, 2.75) is 57.7 Å². The zero-order chi connectivity index (χ0) is 26.4. The van der Waals surface area contributed by atoms with E-state index >= 15 is 0 Å². The number of aliphatic carboxylic acids is 2. The van der Waals surface area contributed by atoms with Crippen molar-refractivity contribution in [3.05, 3.63) is 0 Å². The summed E-state index contributed by atoms with van der Waals surface area (Å²) in [5, 5.41) is 27.1. The molecule has 15 nitrogen and oxygen atoms in total. The minimum Gasteiger partial charge on any atom is -0.481 e. The maximum atomic E-state index is 12.7. The van der Waals surface area contributed by atoms with E-state index in [1.807, 2.05) is 0 Å². The Balaban J connectivity index is 5.53. The molecule has 0 rings (SSSR count). The molecule has 0 spiro atoms. The van der Waals surface area contributed by atoms with E-state index in [9.17, 15) is 38.7 Å². The summed E-state index contributed by atoms with van der Waals surface area (Å²) in [4.78, 5) is 82.4. The van der Waals surface area contributed by atoms with Crippen LogP contribution in [0.5, 0.6) is 0 Å². The molecule has 0 saturated carbocycles. The largest absolute Gasteiger partial charge is 0.481 e. The highest BCUT2D eigenvalue weighted by atomic mass is 16.4. The highest BCUT2D eigenvalue weighted by Gasteiger charge is 2.32. The zero-order valence-electron chi connectivity index (χ0n) is 19.0. The second-order valence-electron chi connectivity index (χ2n) is 7.48. The van der Waals surface area contributed by atoms with Crippen LogP contribution in [0, 0.1) is 5.92 Å². The lowest BCUT2D eigenvalue weighted by Gasteiger charge is -2.25. The van der Waals surface area contributed by atoms with Crippen LogP contribution in [0.3, 0.4) is 0 Å². The topological polar surface area (TPSA) is 260 Å². The monoisotopic (exact) mass is 488 g/mol. The zero-order valence-corrected chi connectivity index (χ0v) is 19.0. The molecule has 10 N–H and O–H groups in total. The summed E-state index contributed by atoms with van der Waals surface area (Å²) in [6.45, 7) is 2.36. The Morgan fingerprint density at radius 3 is 1.94 bits per heavy atom. The van der Waals surface area contributed by atoms with Gasteiger partial charge in [0.1, 0.15) is 18.1 Å². The third kappa shape index (κ3) is 11.8. The van der Waals surface area contributed by atoms with Gasteiger partial charge in [-0.2, -0.15) is 0 Å². The molecular weight excluding hydrogens is 456 g/mol. The van der Waals surface area contributed by atoms with E-state index in [1.165, 1.54) is 0 Å². The Labute approximate surface area is 195 Å². The smallest absolute Gasteiger partial charge is 0.326 e. The van der Waals surface area contributed by atoms with Gasteiger partial charge in [-0.25, -0.2) is 4.79 Å². The van der Waals surface area contributed by atoms with Crippen LogP contribution in [0.15, 0.2) is 0 Å². The van der Waals surface area contributed by atoms with Crippen molar-refractivity contribution < 1.29 is 43.8 Å². The first-order chi connectivity index (χ1) is 15.8. The highest BCUT2D eigenvalue weighted by Crippen LogP contribution is 2.09. The average Bonchev–Trinajstić information content (AvgIpc) is 2.76. The van der Waals surface area contributed by atoms with E-state index in [0.29, 0.717) is 6.42 Å². The van der Waals surface area contributed by atoms with Gasteiger partial charge in [-0.3, -0.25) is 28.8 Å². The fourth-order valence-electron chi connectivity index (χ4n) is 2.65. The lowest BCUT2D eigenvalue weighted by molar-refractivity contribution is -0.144. The molecule has 0 aliphatic rings. The summed E-state index contributed by atoms with van der Waals surface area (Å²) in [7, 11) is 0. The number of carbonyl (C=O) groups is 7. The molecule has 4 atom stereocenters. The number of hydrogen-bond acceptors (Lipinski definition) is 8. The van der Waals surface area contributed by atoms with E-state index in [2.05, 4.69) is 21.3 Å². The van der Waals surface area contributed by atoms with Crippen molar-refractivity contribution in [2.24, 2.45) is 17.4 Å². The Morgan fingerprint density at radius 2 is 1.47 bits per heavy atom. The number of primary amides is 1. The first-order valence-corrected chi connectivity index (χ1v) is 10.4. The minimum absolute atomic E-state index is 0.382. The lowest BCUT2D eigenvalue weighted by Crippen LogP contribution is -2.57. The van der Waals surface area contributed by atoms with Crippen LogP contribution in [0.1, 0.15) is 39.5 Å². The SMILES string of the molecule is CC[C@H](C)[C@H](NC(=O)[C@H](CCC(=O)O)NC(=O)[C@H](CC(N)=O)NC(=O)CNC(=O)CN)C(=O)O. The predicted octanol–water partition coefficient (Wildman–Crippen LogP) is -3.61. The maximum absolute atomic E-state index is 12.7. The molecule has 0 aromatic carbocycles. The molecule has 0 heterocycles. The number of nitrogens with two attached hydrogens (primary N) is 2. The first kappa shape index (κ1) is 30.2. The second kappa shape index (κ2) is 15.2. The number of carboxylic acid groups (broad SMARTS) is 2. The van der Waals surface area contributed by atoms with Crippen molar-refractivity contribution in [1.29, 1.82) is 0 Å². The van der Waals surface area contributed by atoms with E-state index < -0.39 is 91.3 Å². The summed E-state index contributed by atoms with van der Waals surface area (Å²) in [6.07, 6.45) is -1.20. The van der Waals surface area contributed by atoms with Crippen LogP contribution in [0.2, 0.25) is 0 Å². The van der Waals surface area contributed by atoms with Crippen molar-refractivity contribution in [3.8, 4) is 0 Å². The van der Waals surface area contributed by atoms with Gasteiger partial charge in [0.05, 0.1) is 19.5 Å². The Morgan fingerprint density at radius 1 is 0.882 bits per heavy atom. The van der Waals surface area contributed by atoms with Crippen molar-refractivity contribution in [1.82, 2.24) is 21.3 Å². The third-order valence-corrected chi connectivity index (χ3v) is 4.75. The Bertz CT molecular complexity index is 788. The van der Waals surface area contributed by atoms with Crippen molar-refractivity contribution in [3.63, 3.8) is 0 Å². The van der Waals surface area contributed by atoms with E-state index in [0.717, 1.165) is 0 Å². The van der Waals surface area contributed by atoms with Gasteiger partial charge < -0.3 is 42.9 Å². The number of hydrogen-bond donors (Lipinski definition) is 8. The van der Waals surface area contributed by atoms with Gasteiger partial charge in [-0.05, 0) is 12.3 Å². The van der Waals surface area contributed by atoms with Gasteiger partial charge in [-0.1, -0.05) is 20.3 Å². The van der Waals surface area contributed by atoms with Crippen molar-refractivity contribution >= 4 is 41.5 Å². The van der Waals surface area contributed by atoms with Gasteiger partial charge in [0.25, 0.3) is 0 Å². The predicted molar refractivity (Wildman–Crippen MR) is 116 cm³/mol. The minimum atomic E-state index is -1.55. The molecule has 192 valence electrons. The van der Waals surface area contributed by atoms with E-state index in [-0.39, 0.29) is 6.54 Å². The van der Waals surface area contributed by atoms with Crippen LogP contribution in [0.4, 0.5) is 0 Å². The molecule has 0 aliphatic carbocycles. The number of amides is 5. The summed E-state index contributed by atoms with van der Waals surface area (Å²) in [6, 6.07) is -4.34. The van der Waals surface area contributed by atoms with Gasteiger partial charge in [0.2, 0.25) is 29.5 Å². The fraction of sp³-hybridized carbons (Fsp3) is 0.632. The molecular formula is C19H32N6O9. The van der Waals surface area contributed by atoms with E-state index in [1.54, 1.807) is 13.8 Å². The lowest BCUT2D eigenvalue weighted by atomic mass is 9.98. The number of carbonyl (C=O) groups excluding carboxylic acids is 5. The molecule has 0 bridgehead atoms. The first-order valence-electron chi connectivity index (χ1n) is 10.4. The normalized spacial score (nSPS) is 14.0. The summed E-state index contributed by atoms with van der Waals surface area (Å²) >= 11 is 0. The van der Waals surface area contributed by atoms with Gasteiger partial charge >= 0.3 is 11.9 Å². The van der Waals surface area contributed by atoms with Crippen LogP contribution >= 0.6 is 0 Å². The molecule has 0 fully saturated rings. The van der Waals surface area contributed by atoms with E-state index in [4.69, 9.17) is 16.6 Å². The fourth-order valence-corrected chi connectivity index (χ4v) is 2.65. The Kier molecular flexibility index (Phi) is 13.5. The second-order valence-corrected chi connectivity index (χ2v) is 7.48. The molecule has 34 heavy (non-hydrogen) atoms. The molecule has 0 aliphatic heterocycles. The summed E-state index contributed by atoms with van der Waals surface area (Å²) in [5.74, 6) is -7.54. The molecule has 0 radical (unpaired) electrons. The standard InChI is InChI=1S/C19H32N6O9/c1-3-9(2)16(19(33)34)25-17(31)10(4-5-15(29)30)24-18(32)11(6-12(21)26)23-14(28)8-22-13(27)7-20/h9-11,16H,3-8,20H2,1-2H3,(H2,21,26)(H,22,27)(H,23,28)(H,24,32)(H,25,31)(H,29,30)(H,33,34)/t9-,10-,11-,16-/m0/s1. The number of rotatable bonds is 16. The molecule has 0 aromatic rings. The maximum Gasteiger partial charge on any atom is 0.326 e. The molecule has 0 unspecified atom stereocenters. The summed E-state index contributed by atoms with van der Waals surface area (Å²) < 4.78 is 0. The van der Waals surface area contributed by atoms with Crippen LogP contribution < -0.4 is 32.7 Å². The number of carboxylic acids is 2. The van der Waals surface area contributed by atoms with Crippen molar-refractivity contribution in [2.75, 3.05) is 13.1 Å². The van der Waals surface area contributed by atoms with Gasteiger partial charge in [0, 0.05) is 6.42 Å². The van der Waals surface area contributed by atoms with Crippen LogP contribution in [-0.2, 0) is 33.6 Å².